The first-order valence-electron chi connectivity index (χ1n) is 7.05. The Kier molecular flexibility index (Phi) is 4.92. The van der Waals surface area contributed by atoms with Crippen LogP contribution >= 0.6 is 11.6 Å². The topological polar surface area (TPSA) is 29.5 Å². The number of hydrogen-bond donors (Lipinski definition) is 1. The molecule has 0 saturated carbocycles. The lowest BCUT2D eigenvalue weighted by atomic mass is 10.0. The van der Waals surface area contributed by atoms with E-state index in [1.165, 1.54) is 22.3 Å². The summed E-state index contributed by atoms with van der Waals surface area (Å²) >= 11 is 6.21. The fraction of sp³-hybridized carbons (Fsp3) is 0.333. The second kappa shape index (κ2) is 6.50. The third-order valence-electron chi connectivity index (χ3n) is 3.65. The highest BCUT2D eigenvalue weighted by molar-refractivity contribution is 6.32. The molecule has 2 aromatic carbocycles. The molecule has 0 fully saturated rings. The standard InChI is InChI=1S/C18H21ClO2/c1-11-7-12(2)16(13(3)8-11)10-21-18-6-5-15(14(4)20)9-17(18)19/h5-9,14,20H,10H2,1-4H3. The molecule has 0 aliphatic rings. The molecule has 3 heteroatoms. The van der Waals surface area contributed by atoms with Crippen molar-refractivity contribution in [2.45, 2.75) is 40.4 Å². The van der Waals surface area contributed by atoms with Crippen LogP contribution in [0.1, 0.15) is 40.8 Å². The quantitative estimate of drug-likeness (QED) is 0.870. The third kappa shape index (κ3) is 3.78. The molecule has 0 bridgehead atoms. The average molecular weight is 305 g/mol. The Morgan fingerprint density at radius 2 is 1.71 bits per heavy atom. The van der Waals surface area contributed by atoms with E-state index in [-0.39, 0.29) is 0 Å². The first-order chi connectivity index (χ1) is 9.88. The Hall–Kier alpha value is -1.51. The first-order valence-corrected chi connectivity index (χ1v) is 7.43. The van der Waals surface area contributed by atoms with Crippen molar-refractivity contribution in [2.24, 2.45) is 0 Å². The maximum atomic E-state index is 9.55. The van der Waals surface area contributed by atoms with Crippen LogP contribution in [0.25, 0.3) is 0 Å². The van der Waals surface area contributed by atoms with Gasteiger partial charge in [-0.25, -0.2) is 0 Å². The fourth-order valence-electron chi connectivity index (χ4n) is 2.48. The summed E-state index contributed by atoms with van der Waals surface area (Å²) in [7, 11) is 0. The Bertz CT molecular complexity index is 625. The van der Waals surface area contributed by atoms with Crippen molar-refractivity contribution in [1.29, 1.82) is 0 Å². The largest absolute Gasteiger partial charge is 0.487 e. The fourth-order valence-corrected chi connectivity index (χ4v) is 2.73. The van der Waals surface area contributed by atoms with Gasteiger partial charge in [-0.15, -0.1) is 0 Å². The van der Waals surface area contributed by atoms with Crippen LogP contribution < -0.4 is 4.74 Å². The zero-order valence-electron chi connectivity index (χ0n) is 12.9. The van der Waals surface area contributed by atoms with Crippen LogP contribution in [0.4, 0.5) is 0 Å². The smallest absolute Gasteiger partial charge is 0.138 e. The van der Waals surface area contributed by atoms with Crippen LogP contribution in [-0.4, -0.2) is 5.11 Å². The highest BCUT2D eigenvalue weighted by Gasteiger charge is 2.09. The molecular formula is C18H21ClO2. The third-order valence-corrected chi connectivity index (χ3v) is 3.95. The molecule has 0 aliphatic heterocycles. The van der Waals surface area contributed by atoms with Gasteiger partial charge in [-0.1, -0.05) is 35.4 Å². The Balaban J connectivity index is 2.17. The minimum Gasteiger partial charge on any atom is -0.487 e. The minimum atomic E-state index is -0.530. The molecule has 0 spiro atoms. The van der Waals surface area contributed by atoms with Crippen LogP contribution in [-0.2, 0) is 6.61 Å². The summed E-state index contributed by atoms with van der Waals surface area (Å²) in [6.07, 6.45) is -0.530. The van der Waals surface area contributed by atoms with E-state index in [9.17, 15) is 5.11 Å². The molecule has 0 saturated heterocycles. The van der Waals surface area contributed by atoms with Gasteiger partial charge in [0, 0.05) is 0 Å². The number of benzene rings is 2. The van der Waals surface area contributed by atoms with Gasteiger partial charge in [0.25, 0.3) is 0 Å². The van der Waals surface area contributed by atoms with Crippen LogP contribution in [0.3, 0.4) is 0 Å². The van der Waals surface area contributed by atoms with Gasteiger partial charge in [-0.3, -0.25) is 0 Å². The van der Waals surface area contributed by atoms with Gasteiger partial charge in [0.2, 0.25) is 0 Å². The summed E-state index contributed by atoms with van der Waals surface area (Å²) in [5.41, 5.74) is 5.69. The molecule has 112 valence electrons. The number of aliphatic hydroxyl groups is 1. The zero-order valence-corrected chi connectivity index (χ0v) is 13.7. The summed E-state index contributed by atoms with van der Waals surface area (Å²) in [5.74, 6) is 0.639. The molecule has 1 atom stereocenters. The van der Waals surface area contributed by atoms with Crippen LogP contribution in [0.2, 0.25) is 5.02 Å². The van der Waals surface area contributed by atoms with E-state index < -0.39 is 6.10 Å². The molecule has 0 aliphatic carbocycles. The van der Waals surface area contributed by atoms with E-state index in [2.05, 4.69) is 32.9 Å². The highest BCUT2D eigenvalue weighted by Crippen LogP contribution is 2.29. The monoisotopic (exact) mass is 304 g/mol. The van der Waals surface area contributed by atoms with Crippen LogP contribution in [0, 0.1) is 20.8 Å². The second-order valence-electron chi connectivity index (χ2n) is 5.53. The average Bonchev–Trinajstić information content (AvgIpc) is 2.38. The van der Waals surface area contributed by atoms with Crippen LogP contribution in [0.5, 0.6) is 5.75 Å². The second-order valence-corrected chi connectivity index (χ2v) is 5.94. The molecular weight excluding hydrogens is 284 g/mol. The summed E-state index contributed by atoms with van der Waals surface area (Å²) in [5, 5.41) is 10.1. The molecule has 2 nitrogen and oxygen atoms in total. The predicted molar refractivity (Wildman–Crippen MR) is 87.1 cm³/mol. The summed E-state index contributed by atoms with van der Waals surface area (Å²) in [6.45, 7) is 8.49. The summed E-state index contributed by atoms with van der Waals surface area (Å²) in [4.78, 5) is 0. The van der Waals surface area contributed by atoms with Crippen molar-refractivity contribution in [1.82, 2.24) is 0 Å². The SMILES string of the molecule is Cc1cc(C)c(COc2ccc(C(C)O)cc2Cl)c(C)c1. The molecule has 1 unspecified atom stereocenters. The van der Waals surface area contributed by atoms with E-state index in [1.54, 1.807) is 13.0 Å². The van der Waals surface area contributed by atoms with Gasteiger partial charge >= 0.3 is 0 Å². The van der Waals surface area contributed by atoms with E-state index in [0.29, 0.717) is 17.4 Å². The summed E-state index contributed by atoms with van der Waals surface area (Å²) < 4.78 is 5.85. The van der Waals surface area contributed by atoms with E-state index in [0.717, 1.165) is 5.56 Å². The molecule has 0 radical (unpaired) electrons. The van der Waals surface area contributed by atoms with Gasteiger partial charge in [-0.05, 0) is 62.1 Å². The molecule has 21 heavy (non-hydrogen) atoms. The number of aryl methyl sites for hydroxylation is 3. The van der Waals surface area contributed by atoms with E-state index >= 15 is 0 Å². The van der Waals surface area contributed by atoms with Crippen molar-refractivity contribution in [3.8, 4) is 5.75 Å². The van der Waals surface area contributed by atoms with Gasteiger partial charge in [0.15, 0.2) is 0 Å². The number of aliphatic hydroxyl groups excluding tert-OH is 1. The van der Waals surface area contributed by atoms with Gasteiger partial charge in [0.1, 0.15) is 12.4 Å². The Morgan fingerprint density at radius 3 is 2.24 bits per heavy atom. The van der Waals surface area contributed by atoms with Gasteiger partial charge in [0.05, 0.1) is 11.1 Å². The number of rotatable bonds is 4. The number of hydrogen-bond acceptors (Lipinski definition) is 2. The normalized spacial score (nSPS) is 12.3. The lowest BCUT2D eigenvalue weighted by Crippen LogP contribution is -2.02. The molecule has 0 amide bonds. The lowest BCUT2D eigenvalue weighted by molar-refractivity contribution is 0.199. The highest BCUT2D eigenvalue weighted by atomic mass is 35.5. The van der Waals surface area contributed by atoms with Crippen molar-refractivity contribution >= 4 is 11.6 Å². The minimum absolute atomic E-state index is 0.492. The van der Waals surface area contributed by atoms with E-state index in [1.807, 2.05) is 12.1 Å². The van der Waals surface area contributed by atoms with Crippen molar-refractivity contribution in [3.05, 3.63) is 63.2 Å². The number of halogens is 1. The maximum Gasteiger partial charge on any atom is 0.138 e. The Labute approximate surface area is 131 Å². The first kappa shape index (κ1) is 15.9. The molecule has 0 heterocycles. The van der Waals surface area contributed by atoms with Crippen LogP contribution in [0.15, 0.2) is 30.3 Å². The lowest BCUT2D eigenvalue weighted by Gasteiger charge is -2.14. The molecule has 0 aromatic heterocycles. The molecule has 2 aromatic rings. The van der Waals surface area contributed by atoms with E-state index in [4.69, 9.17) is 16.3 Å². The predicted octanol–water partition coefficient (Wildman–Crippen LogP) is 4.90. The van der Waals surface area contributed by atoms with Crippen molar-refractivity contribution in [2.75, 3.05) is 0 Å². The number of ether oxygens (including phenoxy) is 1. The zero-order chi connectivity index (χ0) is 15.6. The maximum absolute atomic E-state index is 9.55. The van der Waals surface area contributed by atoms with Gasteiger partial charge in [-0.2, -0.15) is 0 Å². The van der Waals surface area contributed by atoms with Crippen molar-refractivity contribution < 1.29 is 9.84 Å². The molecule has 1 N–H and O–H groups in total. The van der Waals surface area contributed by atoms with Crippen molar-refractivity contribution in [3.63, 3.8) is 0 Å². The molecule has 2 rings (SSSR count). The Morgan fingerprint density at radius 1 is 1.10 bits per heavy atom. The summed E-state index contributed by atoms with van der Waals surface area (Å²) in [6, 6.07) is 9.70. The van der Waals surface area contributed by atoms with Gasteiger partial charge < -0.3 is 9.84 Å².